The summed E-state index contributed by atoms with van der Waals surface area (Å²) in [6.07, 6.45) is 1.28. The van der Waals surface area contributed by atoms with Gasteiger partial charge < -0.3 is 9.80 Å². The van der Waals surface area contributed by atoms with Crippen LogP contribution in [0, 0.1) is 19.8 Å². The van der Waals surface area contributed by atoms with Gasteiger partial charge in [0.2, 0.25) is 0 Å². The Morgan fingerprint density at radius 3 is 2.76 bits per heavy atom. The normalized spacial score (nSPS) is 20.3. The predicted octanol–water partition coefficient (Wildman–Crippen LogP) is 2.09. The molecule has 3 nitrogen and oxygen atoms in total. The second kappa shape index (κ2) is 5.05. The van der Waals surface area contributed by atoms with Crippen molar-refractivity contribution < 1.29 is 0 Å². The number of hydrogen-bond acceptors (Lipinski definition) is 3. The highest BCUT2D eigenvalue weighted by molar-refractivity contribution is 5.43. The fourth-order valence-corrected chi connectivity index (χ4v) is 2.69. The first-order chi connectivity index (χ1) is 8.04. The smallest absolute Gasteiger partial charge is 0.129 e. The van der Waals surface area contributed by atoms with Crippen molar-refractivity contribution in [2.45, 2.75) is 20.3 Å². The van der Waals surface area contributed by atoms with Crippen molar-refractivity contribution in [1.82, 2.24) is 9.88 Å². The average molecular weight is 233 g/mol. The van der Waals surface area contributed by atoms with E-state index in [1.54, 1.807) is 0 Å². The first-order valence-corrected chi connectivity index (χ1v) is 6.39. The molecule has 1 saturated heterocycles. The Labute approximate surface area is 104 Å². The molecule has 0 spiro atoms. The summed E-state index contributed by atoms with van der Waals surface area (Å²) in [5, 5.41) is 0. The van der Waals surface area contributed by atoms with Crippen LogP contribution in [0.2, 0.25) is 0 Å². The van der Waals surface area contributed by atoms with Crippen molar-refractivity contribution in [3.63, 3.8) is 0 Å². The number of pyridine rings is 1. The molecule has 0 radical (unpaired) electrons. The Balaban J connectivity index is 2.04. The molecule has 0 amide bonds. The number of hydrogen-bond donors (Lipinski definition) is 0. The van der Waals surface area contributed by atoms with E-state index in [9.17, 15) is 0 Å². The van der Waals surface area contributed by atoms with Gasteiger partial charge in [-0.3, -0.25) is 0 Å². The summed E-state index contributed by atoms with van der Waals surface area (Å²) in [6.45, 7) is 7.69. The van der Waals surface area contributed by atoms with E-state index < -0.39 is 0 Å². The Bertz CT molecular complexity index is 367. The largest absolute Gasteiger partial charge is 0.356 e. The third kappa shape index (κ3) is 3.19. The minimum atomic E-state index is 0.785. The molecule has 0 bridgehead atoms. The van der Waals surface area contributed by atoms with Crippen molar-refractivity contribution in [3.8, 4) is 0 Å². The number of anilines is 1. The molecule has 3 heteroatoms. The third-order valence-corrected chi connectivity index (χ3v) is 3.32. The number of nitrogens with zero attached hydrogens (tertiary/aromatic N) is 3. The van der Waals surface area contributed by atoms with Crippen molar-refractivity contribution in [1.29, 1.82) is 0 Å². The third-order valence-electron chi connectivity index (χ3n) is 3.32. The number of rotatable bonds is 3. The molecule has 1 aliphatic rings. The van der Waals surface area contributed by atoms with Crippen molar-refractivity contribution in [2.75, 3.05) is 38.6 Å². The molecule has 1 aliphatic heterocycles. The fourth-order valence-electron chi connectivity index (χ4n) is 2.69. The van der Waals surface area contributed by atoms with Crippen LogP contribution in [0.1, 0.15) is 17.7 Å². The number of aromatic nitrogens is 1. The van der Waals surface area contributed by atoms with Gasteiger partial charge in [0.05, 0.1) is 0 Å². The Morgan fingerprint density at radius 2 is 2.12 bits per heavy atom. The van der Waals surface area contributed by atoms with Gasteiger partial charge in [0.25, 0.3) is 0 Å². The van der Waals surface area contributed by atoms with Crippen LogP contribution in [-0.2, 0) is 0 Å². The maximum Gasteiger partial charge on any atom is 0.129 e. The molecule has 0 N–H and O–H groups in total. The van der Waals surface area contributed by atoms with Crippen molar-refractivity contribution >= 4 is 5.82 Å². The van der Waals surface area contributed by atoms with Gasteiger partial charge in [0.15, 0.2) is 0 Å². The molecule has 2 heterocycles. The second-order valence-electron chi connectivity index (χ2n) is 5.51. The average Bonchev–Trinajstić information content (AvgIpc) is 2.63. The molecule has 0 aliphatic carbocycles. The summed E-state index contributed by atoms with van der Waals surface area (Å²) in [7, 11) is 4.30. The van der Waals surface area contributed by atoms with Crippen LogP contribution >= 0.6 is 0 Å². The highest BCUT2D eigenvalue weighted by Crippen LogP contribution is 2.23. The Morgan fingerprint density at radius 1 is 1.35 bits per heavy atom. The van der Waals surface area contributed by atoms with E-state index >= 15 is 0 Å². The zero-order valence-corrected chi connectivity index (χ0v) is 11.4. The van der Waals surface area contributed by atoms with Gasteiger partial charge in [-0.25, -0.2) is 4.98 Å². The Hall–Kier alpha value is -1.09. The lowest BCUT2D eigenvalue weighted by molar-refractivity contribution is 0.340. The fraction of sp³-hybridized carbons (Fsp3) is 0.643. The van der Waals surface area contributed by atoms with Gasteiger partial charge in [-0.2, -0.15) is 0 Å². The minimum Gasteiger partial charge on any atom is -0.356 e. The predicted molar refractivity (Wildman–Crippen MR) is 72.6 cm³/mol. The molecule has 1 unspecified atom stereocenters. The van der Waals surface area contributed by atoms with Gasteiger partial charge in [0.1, 0.15) is 5.82 Å². The quantitative estimate of drug-likeness (QED) is 0.797. The summed E-state index contributed by atoms with van der Waals surface area (Å²) < 4.78 is 0. The van der Waals surface area contributed by atoms with Crippen molar-refractivity contribution in [3.05, 3.63) is 23.4 Å². The zero-order valence-electron chi connectivity index (χ0n) is 11.4. The van der Waals surface area contributed by atoms with E-state index in [1.165, 1.54) is 18.5 Å². The van der Waals surface area contributed by atoms with Crippen LogP contribution in [0.3, 0.4) is 0 Å². The molecule has 17 heavy (non-hydrogen) atoms. The lowest BCUT2D eigenvalue weighted by Gasteiger charge is -2.20. The first-order valence-electron chi connectivity index (χ1n) is 6.39. The summed E-state index contributed by atoms with van der Waals surface area (Å²) in [6, 6.07) is 4.34. The van der Waals surface area contributed by atoms with E-state index in [-0.39, 0.29) is 0 Å². The standard InChI is InChI=1S/C14H23N3/c1-11-7-12(2)15-14(8-11)17-6-5-13(10-17)9-16(3)4/h7-8,13H,5-6,9-10H2,1-4H3. The van der Waals surface area contributed by atoms with Gasteiger partial charge in [0, 0.05) is 25.3 Å². The molecular weight excluding hydrogens is 210 g/mol. The molecule has 94 valence electrons. The molecule has 1 aromatic rings. The van der Waals surface area contributed by atoms with Crippen LogP contribution in [-0.4, -0.2) is 43.6 Å². The summed E-state index contributed by atoms with van der Waals surface area (Å²) in [5.41, 5.74) is 2.43. The summed E-state index contributed by atoms with van der Waals surface area (Å²) in [4.78, 5) is 9.35. The van der Waals surface area contributed by atoms with Crippen LogP contribution in [0.5, 0.6) is 0 Å². The van der Waals surface area contributed by atoms with E-state index in [2.05, 4.69) is 54.9 Å². The Kier molecular flexibility index (Phi) is 3.67. The molecule has 1 aromatic heterocycles. The minimum absolute atomic E-state index is 0.785. The molecule has 0 saturated carbocycles. The number of aryl methyl sites for hydroxylation is 2. The monoisotopic (exact) mass is 233 g/mol. The molecule has 2 rings (SSSR count). The lowest BCUT2D eigenvalue weighted by Crippen LogP contribution is -2.26. The van der Waals surface area contributed by atoms with Gasteiger partial charge in [-0.05, 0) is 58.0 Å². The first kappa shape index (κ1) is 12.4. The lowest BCUT2D eigenvalue weighted by atomic mass is 10.1. The second-order valence-corrected chi connectivity index (χ2v) is 5.51. The molecule has 1 atom stereocenters. The maximum absolute atomic E-state index is 4.64. The van der Waals surface area contributed by atoms with E-state index in [4.69, 9.17) is 0 Å². The van der Waals surface area contributed by atoms with E-state index in [0.29, 0.717) is 0 Å². The van der Waals surface area contributed by atoms with Crippen LogP contribution < -0.4 is 4.90 Å². The SMILES string of the molecule is Cc1cc(C)nc(N2CCC(CN(C)C)C2)c1. The molecule has 0 aromatic carbocycles. The van der Waals surface area contributed by atoms with Gasteiger partial charge in [-0.1, -0.05) is 0 Å². The van der Waals surface area contributed by atoms with E-state index in [0.717, 1.165) is 30.5 Å². The summed E-state index contributed by atoms with van der Waals surface area (Å²) in [5.74, 6) is 1.94. The highest BCUT2D eigenvalue weighted by Gasteiger charge is 2.23. The topological polar surface area (TPSA) is 19.4 Å². The summed E-state index contributed by atoms with van der Waals surface area (Å²) >= 11 is 0. The van der Waals surface area contributed by atoms with Gasteiger partial charge >= 0.3 is 0 Å². The maximum atomic E-state index is 4.64. The molecule has 1 fully saturated rings. The zero-order chi connectivity index (χ0) is 12.4. The van der Waals surface area contributed by atoms with Crippen LogP contribution in [0.4, 0.5) is 5.82 Å². The van der Waals surface area contributed by atoms with Gasteiger partial charge in [-0.15, -0.1) is 0 Å². The van der Waals surface area contributed by atoms with Crippen molar-refractivity contribution in [2.24, 2.45) is 5.92 Å². The van der Waals surface area contributed by atoms with E-state index in [1.807, 2.05) is 0 Å². The highest BCUT2D eigenvalue weighted by atomic mass is 15.2. The van der Waals surface area contributed by atoms with Crippen LogP contribution in [0.25, 0.3) is 0 Å². The molecular formula is C14H23N3. The van der Waals surface area contributed by atoms with Crippen LogP contribution in [0.15, 0.2) is 12.1 Å².